The minimum atomic E-state index is -0.928. The minimum absolute atomic E-state index is 0.312. The monoisotopic (exact) mass is 320 g/mol. The summed E-state index contributed by atoms with van der Waals surface area (Å²) in [5.41, 5.74) is 0.978. The van der Waals surface area contributed by atoms with E-state index >= 15 is 0 Å². The van der Waals surface area contributed by atoms with Gasteiger partial charge in [-0.3, -0.25) is 0 Å². The number of methoxy groups -OCH3 is 1. The molecule has 2 saturated heterocycles. The third-order valence-electron chi connectivity index (χ3n) is 5.07. The van der Waals surface area contributed by atoms with E-state index in [1.54, 1.807) is 7.11 Å². The lowest BCUT2D eigenvalue weighted by Gasteiger charge is -2.37. The van der Waals surface area contributed by atoms with Crippen LogP contribution in [0.3, 0.4) is 0 Å². The van der Waals surface area contributed by atoms with Crippen molar-refractivity contribution in [2.24, 2.45) is 0 Å². The van der Waals surface area contributed by atoms with Crippen molar-refractivity contribution in [1.29, 1.82) is 0 Å². The van der Waals surface area contributed by atoms with Gasteiger partial charge in [-0.1, -0.05) is 18.2 Å². The molecule has 126 valence electrons. The maximum atomic E-state index is 10.6. The van der Waals surface area contributed by atoms with Crippen LogP contribution in [-0.4, -0.2) is 43.8 Å². The molecule has 1 aromatic rings. The van der Waals surface area contributed by atoms with Gasteiger partial charge in [0.25, 0.3) is 0 Å². The van der Waals surface area contributed by atoms with Crippen LogP contribution in [0, 0.1) is 0 Å². The topological polar surface area (TPSA) is 57.2 Å². The van der Waals surface area contributed by atoms with Crippen molar-refractivity contribution in [2.45, 2.75) is 51.1 Å². The highest BCUT2D eigenvalue weighted by Crippen LogP contribution is 2.37. The number of ether oxygens (including phenoxy) is 2. The zero-order chi connectivity index (χ0) is 16.9. The van der Waals surface area contributed by atoms with E-state index in [2.05, 4.69) is 0 Å². The van der Waals surface area contributed by atoms with Gasteiger partial charge in [-0.25, -0.2) is 0 Å². The normalized spacial score (nSPS) is 24.5. The van der Waals surface area contributed by atoms with Gasteiger partial charge in [-0.15, -0.1) is 0 Å². The standard InChI is InChI=1S/C17H25BO5/c1-15(2)16(3,4)23-18(22-15)14-7-12(9-20-5)6-13(8-14)17(19)10-21-11-17/h6-8,19H,9-11H2,1-5H3. The number of hydrogen-bond acceptors (Lipinski definition) is 5. The SMILES string of the molecule is COCc1cc(B2OC(C)(C)C(C)(C)O2)cc(C2(O)COC2)c1. The molecule has 2 fully saturated rings. The van der Waals surface area contributed by atoms with E-state index in [-0.39, 0.29) is 0 Å². The first-order valence-corrected chi connectivity index (χ1v) is 7.96. The molecule has 2 aliphatic heterocycles. The van der Waals surface area contributed by atoms with Crippen molar-refractivity contribution in [2.75, 3.05) is 20.3 Å². The Bertz CT molecular complexity index is 579. The van der Waals surface area contributed by atoms with Crippen molar-refractivity contribution in [3.05, 3.63) is 29.3 Å². The van der Waals surface area contributed by atoms with Crippen molar-refractivity contribution in [1.82, 2.24) is 0 Å². The molecule has 23 heavy (non-hydrogen) atoms. The van der Waals surface area contributed by atoms with Gasteiger partial charge in [-0.2, -0.15) is 0 Å². The van der Waals surface area contributed by atoms with Gasteiger partial charge in [0.15, 0.2) is 0 Å². The number of hydrogen-bond donors (Lipinski definition) is 1. The van der Waals surface area contributed by atoms with Crippen LogP contribution in [0.4, 0.5) is 0 Å². The van der Waals surface area contributed by atoms with E-state index in [0.717, 1.165) is 16.6 Å². The molecule has 2 aliphatic rings. The summed E-state index contributed by atoms with van der Waals surface area (Å²) in [5, 5.41) is 10.6. The molecule has 0 radical (unpaired) electrons. The van der Waals surface area contributed by atoms with Gasteiger partial charge < -0.3 is 23.9 Å². The first kappa shape index (κ1) is 16.9. The maximum Gasteiger partial charge on any atom is 0.494 e. The van der Waals surface area contributed by atoms with Gasteiger partial charge in [0, 0.05) is 7.11 Å². The molecule has 0 spiro atoms. The Labute approximate surface area is 138 Å². The molecule has 2 heterocycles. The Morgan fingerprint density at radius 2 is 1.70 bits per heavy atom. The second-order valence-electron chi connectivity index (χ2n) is 7.51. The molecule has 1 aromatic carbocycles. The molecular formula is C17H25BO5. The smallest absolute Gasteiger partial charge is 0.399 e. The molecule has 1 N–H and O–H groups in total. The lowest BCUT2D eigenvalue weighted by Crippen LogP contribution is -2.47. The van der Waals surface area contributed by atoms with Gasteiger partial charge in [-0.05, 0) is 44.3 Å². The van der Waals surface area contributed by atoms with Crippen LogP contribution in [0.2, 0.25) is 0 Å². The summed E-state index contributed by atoms with van der Waals surface area (Å²) in [4.78, 5) is 0. The Kier molecular flexibility index (Phi) is 4.10. The van der Waals surface area contributed by atoms with Crippen LogP contribution in [0.15, 0.2) is 18.2 Å². The largest absolute Gasteiger partial charge is 0.494 e. The van der Waals surface area contributed by atoms with Crippen LogP contribution in [0.5, 0.6) is 0 Å². The second-order valence-corrected chi connectivity index (χ2v) is 7.51. The molecule has 0 bridgehead atoms. The zero-order valence-electron chi connectivity index (χ0n) is 14.5. The van der Waals surface area contributed by atoms with Crippen molar-refractivity contribution >= 4 is 12.6 Å². The molecule has 0 aliphatic carbocycles. The highest BCUT2D eigenvalue weighted by molar-refractivity contribution is 6.62. The van der Waals surface area contributed by atoms with E-state index in [1.165, 1.54) is 0 Å². The molecule has 0 atom stereocenters. The van der Waals surface area contributed by atoms with E-state index in [1.807, 2.05) is 45.9 Å². The summed E-state index contributed by atoms with van der Waals surface area (Å²) in [5.74, 6) is 0. The first-order chi connectivity index (χ1) is 10.7. The van der Waals surface area contributed by atoms with E-state index in [0.29, 0.717) is 19.8 Å². The minimum Gasteiger partial charge on any atom is -0.399 e. The first-order valence-electron chi connectivity index (χ1n) is 7.96. The van der Waals surface area contributed by atoms with Crippen molar-refractivity contribution < 1.29 is 23.9 Å². The van der Waals surface area contributed by atoms with Gasteiger partial charge in [0.05, 0.1) is 31.0 Å². The third-order valence-corrected chi connectivity index (χ3v) is 5.07. The Morgan fingerprint density at radius 1 is 1.09 bits per heavy atom. The molecule has 0 amide bonds. The summed E-state index contributed by atoms with van der Waals surface area (Å²) < 4.78 is 22.7. The number of rotatable bonds is 4. The summed E-state index contributed by atoms with van der Waals surface area (Å²) >= 11 is 0. The Balaban J connectivity index is 1.96. The summed E-state index contributed by atoms with van der Waals surface area (Å²) in [6.45, 7) is 9.21. The van der Waals surface area contributed by atoms with E-state index in [4.69, 9.17) is 18.8 Å². The predicted molar refractivity (Wildman–Crippen MR) is 87.6 cm³/mol. The average Bonchev–Trinajstić information content (AvgIpc) is 2.65. The van der Waals surface area contributed by atoms with Crippen molar-refractivity contribution in [3.8, 4) is 0 Å². The average molecular weight is 320 g/mol. The van der Waals surface area contributed by atoms with Crippen LogP contribution < -0.4 is 5.46 Å². The van der Waals surface area contributed by atoms with Crippen LogP contribution in [0.25, 0.3) is 0 Å². The lowest BCUT2D eigenvalue weighted by atomic mass is 9.75. The molecule has 3 rings (SSSR count). The molecule has 0 aromatic heterocycles. The third kappa shape index (κ3) is 2.94. The number of aliphatic hydroxyl groups is 1. The molecule has 0 unspecified atom stereocenters. The van der Waals surface area contributed by atoms with E-state index < -0.39 is 23.9 Å². The lowest BCUT2D eigenvalue weighted by molar-refractivity contribution is -0.184. The highest BCUT2D eigenvalue weighted by Gasteiger charge is 2.52. The summed E-state index contributed by atoms with van der Waals surface area (Å²) in [6.07, 6.45) is 0. The molecule has 6 heteroatoms. The Hall–Kier alpha value is -0.915. The maximum absolute atomic E-state index is 10.6. The van der Waals surface area contributed by atoms with Crippen LogP contribution >= 0.6 is 0 Å². The molecule has 0 saturated carbocycles. The quantitative estimate of drug-likeness (QED) is 0.849. The fourth-order valence-electron chi connectivity index (χ4n) is 2.81. The summed E-state index contributed by atoms with van der Waals surface area (Å²) in [7, 11) is 1.20. The second kappa shape index (κ2) is 5.57. The van der Waals surface area contributed by atoms with Crippen LogP contribution in [0.1, 0.15) is 38.8 Å². The highest BCUT2D eigenvalue weighted by atomic mass is 16.7. The van der Waals surface area contributed by atoms with Gasteiger partial charge in [0.2, 0.25) is 0 Å². The molecular weight excluding hydrogens is 295 g/mol. The molecule has 5 nitrogen and oxygen atoms in total. The number of benzene rings is 1. The van der Waals surface area contributed by atoms with Crippen LogP contribution in [-0.2, 0) is 31.0 Å². The fraction of sp³-hybridized carbons (Fsp3) is 0.647. The Morgan fingerprint density at radius 3 is 2.17 bits per heavy atom. The van der Waals surface area contributed by atoms with Gasteiger partial charge in [0.1, 0.15) is 5.60 Å². The predicted octanol–water partition coefficient (Wildman–Crippen LogP) is 1.35. The summed E-state index contributed by atoms with van der Waals surface area (Å²) in [6, 6.07) is 5.92. The van der Waals surface area contributed by atoms with Gasteiger partial charge >= 0.3 is 7.12 Å². The van der Waals surface area contributed by atoms with E-state index in [9.17, 15) is 5.11 Å². The fourth-order valence-corrected chi connectivity index (χ4v) is 2.81. The van der Waals surface area contributed by atoms with Crippen molar-refractivity contribution in [3.63, 3.8) is 0 Å². The zero-order valence-corrected chi connectivity index (χ0v) is 14.5.